The van der Waals surface area contributed by atoms with E-state index in [9.17, 15) is 22.8 Å². The number of halogens is 3. The molecule has 1 saturated heterocycles. The molecule has 6 rings (SSSR count). The van der Waals surface area contributed by atoms with Gasteiger partial charge in [-0.25, -0.2) is 14.3 Å². The highest BCUT2D eigenvalue weighted by molar-refractivity contribution is 5.89. The van der Waals surface area contributed by atoms with Crippen molar-refractivity contribution in [1.29, 1.82) is 0 Å². The Morgan fingerprint density at radius 3 is 2.02 bits per heavy atom. The minimum Gasteiger partial charge on any atom is -0.497 e. The molecule has 1 aliphatic heterocycles. The van der Waals surface area contributed by atoms with Gasteiger partial charge < -0.3 is 23.7 Å². The minimum absolute atomic E-state index is 0.0124. The summed E-state index contributed by atoms with van der Waals surface area (Å²) in [5, 5.41) is 4.02. The van der Waals surface area contributed by atoms with Gasteiger partial charge in [-0.3, -0.25) is 0 Å². The van der Waals surface area contributed by atoms with Gasteiger partial charge in [0.25, 0.3) is 0 Å². The molecule has 51 heavy (non-hydrogen) atoms. The fraction of sp³-hybridized carbons (Fsp3) is 0.256. The van der Waals surface area contributed by atoms with E-state index in [1.165, 1.54) is 11.8 Å². The number of ether oxygens (including phenoxy) is 5. The van der Waals surface area contributed by atoms with Crippen molar-refractivity contribution in [2.75, 3.05) is 13.7 Å². The van der Waals surface area contributed by atoms with Crippen LogP contribution >= 0.6 is 0 Å². The standard InChI is InChI=1S/C39H35F3N2O7/c1-47-30-19-17-26(18-20-30)21-33-35(39(40,41)42)43-44(24-27-11-5-2-6-12-27)36(33)51-34-23-31(50-38(46)29-15-9-4-10-16-29)22-32(49-34)25-48-37(45)28-13-7-3-8-14-28/h2-20,31-32,34H,21-25H2,1H3. The number of aromatic nitrogens is 2. The minimum atomic E-state index is -4.81. The monoisotopic (exact) mass is 700 g/mol. The molecule has 0 saturated carbocycles. The van der Waals surface area contributed by atoms with Crippen molar-refractivity contribution >= 4 is 11.9 Å². The molecular weight excluding hydrogens is 665 g/mol. The van der Waals surface area contributed by atoms with Crippen LogP contribution < -0.4 is 9.47 Å². The Kier molecular flexibility index (Phi) is 11.0. The van der Waals surface area contributed by atoms with Crippen molar-refractivity contribution in [2.24, 2.45) is 0 Å². The summed E-state index contributed by atoms with van der Waals surface area (Å²) >= 11 is 0. The Morgan fingerprint density at radius 1 is 0.804 bits per heavy atom. The van der Waals surface area contributed by atoms with Crippen LogP contribution in [0.3, 0.4) is 0 Å². The first kappa shape index (κ1) is 35.2. The number of nitrogens with zero attached hydrogens (tertiary/aromatic N) is 2. The van der Waals surface area contributed by atoms with E-state index in [-0.39, 0.29) is 43.9 Å². The van der Waals surface area contributed by atoms with Crippen LogP contribution in [0.5, 0.6) is 11.6 Å². The lowest BCUT2D eigenvalue weighted by Crippen LogP contribution is -2.43. The summed E-state index contributed by atoms with van der Waals surface area (Å²) in [6, 6.07) is 32.4. The van der Waals surface area contributed by atoms with Gasteiger partial charge in [0.05, 0.1) is 36.4 Å². The van der Waals surface area contributed by atoms with Crippen LogP contribution in [0.15, 0.2) is 115 Å². The third-order valence-electron chi connectivity index (χ3n) is 8.24. The Morgan fingerprint density at radius 2 is 1.41 bits per heavy atom. The Bertz CT molecular complexity index is 1900. The molecule has 1 aromatic heterocycles. The summed E-state index contributed by atoms with van der Waals surface area (Å²) in [7, 11) is 1.50. The number of benzene rings is 4. The van der Waals surface area contributed by atoms with Crippen LogP contribution in [0.4, 0.5) is 13.2 Å². The summed E-state index contributed by atoms with van der Waals surface area (Å²) < 4.78 is 74.2. The number of methoxy groups -OCH3 is 1. The highest BCUT2D eigenvalue weighted by Gasteiger charge is 2.42. The molecule has 2 heterocycles. The maximum Gasteiger partial charge on any atom is 0.435 e. The van der Waals surface area contributed by atoms with Gasteiger partial charge >= 0.3 is 18.1 Å². The smallest absolute Gasteiger partial charge is 0.435 e. The predicted octanol–water partition coefficient (Wildman–Crippen LogP) is 7.52. The van der Waals surface area contributed by atoms with Crippen molar-refractivity contribution < 1.29 is 46.4 Å². The van der Waals surface area contributed by atoms with Gasteiger partial charge in [0.2, 0.25) is 12.2 Å². The quantitative estimate of drug-likeness (QED) is 0.123. The lowest BCUT2D eigenvalue weighted by Gasteiger charge is -2.34. The van der Waals surface area contributed by atoms with Gasteiger partial charge in [-0.05, 0) is 47.5 Å². The van der Waals surface area contributed by atoms with E-state index in [0.717, 1.165) is 0 Å². The zero-order chi connectivity index (χ0) is 35.8. The number of hydrogen-bond donors (Lipinski definition) is 0. The Hall–Kier alpha value is -5.62. The van der Waals surface area contributed by atoms with Crippen molar-refractivity contribution in [3.63, 3.8) is 0 Å². The average molecular weight is 701 g/mol. The van der Waals surface area contributed by atoms with Crippen LogP contribution in [0.25, 0.3) is 0 Å². The van der Waals surface area contributed by atoms with Crippen LogP contribution in [0.1, 0.15) is 55.9 Å². The van der Waals surface area contributed by atoms with E-state index >= 15 is 0 Å². The maximum absolute atomic E-state index is 14.6. The van der Waals surface area contributed by atoms with Gasteiger partial charge in [0.1, 0.15) is 18.5 Å². The fourth-order valence-corrected chi connectivity index (χ4v) is 5.77. The molecule has 5 aromatic rings. The molecule has 12 heteroatoms. The largest absolute Gasteiger partial charge is 0.497 e. The highest BCUT2D eigenvalue weighted by atomic mass is 19.4. The molecule has 0 amide bonds. The lowest BCUT2D eigenvalue weighted by atomic mass is 10.0. The third kappa shape index (κ3) is 9.14. The second kappa shape index (κ2) is 15.9. The summed E-state index contributed by atoms with van der Waals surface area (Å²) in [5.41, 5.74) is 0.629. The van der Waals surface area contributed by atoms with Gasteiger partial charge in [-0.15, -0.1) is 0 Å². The van der Waals surface area contributed by atoms with Gasteiger partial charge in [0, 0.05) is 19.3 Å². The van der Waals surface area contributed by atoms with E-state index in [1.54, 1.807) is 115 Å². The second-order valence-electron chi connectivity index (χ2n) is 11.9. The normalized spacial score (nSPS) is 17.4. The molecule has 0 aliphatic carbocycles. The zero-order valence-electron chi connectivity index (χ0n) is 27.6. The summed E-state index contributed by atoms with van der Waals surface area (Å²) in [4.78, 5) is 25.8. The first-order valence-electron chi connectivity index (χ1n) is 16.3. The zero-order valence-corrected chi connectivity index (χ0v) is 27.6. The molecule has 0 N–H and O–H groups in total. The van der Waals surface area contributed by atoms with Crippen molar-refractivity contribution in [3.05, 3.63) is 149 Å². The topological polar surface area (TPSA) is 98.1 Å². The van der Waals surface area contributed by atoms with Crippen LogP contribution in [-0.2, 0) is 33.4 Å². The van der Waals surface area contributed by atoms with Crippen molar-refractivity contribution in [3.8, 4) is 11.6 Å². The van der Waals surface area contributed by atoms with E-state index in [1.807, 2.05) is 0 Å². The van der Waals surface area contributed by atoms with Crippen LogP contribution in [0, 0.1) is 0 Å². The van der Waals surface area contributed by atoms with E-state index in [4.69, 9.17) is 23.7 Å². The lowest BCUT2D eigenvalue weighted by molar-refractivity contribution is -0.187. The molecule has 1 aliphatic rings. The molecule has 1 fully saturated rings. The predicted molar refractivity (Wildman–Crippen MR) is 179 cm³/mol. The maximum atomic E-state index is 14.6. The number of rotatable bonds is 12. The first-order valence-corrected chi connectivity index (χ1v) is 16.3. The van der Waals surface area contributed by atoms with Gasteiger partial charge in [0.15, 0.2) is 5.69 Å². The highest BCUT2D eigenvalue weighted by Crippen LogP contribution is 2.39. The summed E-state index contributed by atoms with van der Waals surface area (Å²) in [6.45, 7) is -0.248. The molecule has 9 nitrogen and oxygen atoms in total. The Labute approximate surface area is 292 Å². The van der Waals surface area contributed by atoms with Crippen molar-refractivity contribution in [2.45, 2.75) is 50.5 Å². The Balaban J connectivity index is 1.32. The van der Waals surface area contributed by atoms with E-state index in [2.05, 4.69) is 5.10 Å². The molecular formula is C39H35F3N2O7. The van der Waals surface area contributed by atoms with Crippen molar-refractivity contribution in [1.82, 2.24) is 9.78 Å². The average Bonchev–Trinajstić information content (AvgIpc) is 3.48. The third-order valence-corrected chi connectivity index (χ3v) is 8.24. The second-order valence-corrected chi connectivity index (χ2v) is 11.9. The molecule has 3 unspecified atom stereocenters. The molecule has 0 radical (unpaired) electrons. The van der Waals surface area contributed by atoms with Gasteiger partial charge in [-0.1, -0.05) is 78.9 Å². The number of carbonyl (C=O) groups excluding carboxylic acids is 2. The number of carbonyl (C=O) groups is 2. The van der Waals surface area contributed by atoms with E-state index in [0.29, 0.717) is 28.0 Å². The molecule has 264 valence electrons. The fourth-order valence-electron chi connectivity index (χ4n) is 5.77. The SMILES string of the molecule is COc1ccc(Cc2c(C(F)(F)F)nn(Cc3ccccc3)c2OC2CC(OC(=O)c3ccccc3)CC(COC(=O)c3ccccc3)O2)cc1. The number of esters is 2. The number of alkyl halides is 3. The molecule has 3 atom stereocenters. The first-order chi connectivity index (χ1) is 24.7. The van der Waals surface area contributed by atoms with E-state index < -0.39 is 42.3 Å². The molecule has 0 bridgehead atoms. The van der Waals surface area contributed by atoms with Crippen LogP contribution in [-0.4, -0.2) is 53.9 Å². The van der Waals surface area contributed by atoms with Crippen LogP contribution in [0.2, 0.25) is 0 Å². The van der Waals surface area contributed by atoms with Gasteiger partial charge in [-0.2, -0.15) is 18.3 Å². The summed E-state index contributed by atoms with van der Waals surface area (Å²) in [5.74, 6) is -0.772. The summed E-state index contributed by atoms with van der Waals surface area (Å²) in [6.07, 6.45) is -7.64. The molecule has 4 aromatic carbocycles. The molecule has 0 spiro atoms. The number of hydrogen-bond acceptors (Lipinski definition) is 8.